The topological polar surface area (TPSA) is 121 Å². The van der Waals surface area contributed by atoms with Gasteiger partial charge >= 0.3 is 5.97 Å². The number of benzene rings is 2. The number of aromatic nitrogens is 1. The van der Waals surface area contributed by atoms with Gasteiger partial charge in [-0.3, -0.25) is 9.59 Å². The van der Waals surface area contributed by atoms with E-state index in [0.717, 1.165) is 18.2 Å². The molecule has 35 heavy (non-hydrogen) atoms. The van der Waals surface area contributed by atoms with Crippen molar-refractivity contribution in [1.82, 2.24) is 4.98 Å². The van der Waals surface area contributed by atoms with Crippen LogP contribution in [0.3, 0.4) is 0 Å². The molecule has 8 nitrogen and oxygen atoms in total. The summed E-state index contributed by atoms with van der Waals surface area (Å²) in [6.07, 6.45) is 0.739. The lowest BCUT2D eigenvalue weighted by Crippen LogP contribution is -2.16. The van der Waals surface area contributed by atoms with Crippen LogP contribution in [-0.4, -0.2) is 35.1 Å². The van der Waals surface area contributed by atoms with Crippen LogP contribution in [0.4, 0.5) is 11.4 Å². The molecule has 2 amide bonds. The van der Waals surface area contributed by atoms with Crippen molar-refractivity contribution >= 4 is 40.9 Å². The summed E-state index contributed by atoms with van der Waals surface area (Å²) in [6.45, 7) is 3.95. The van der Waals surface area contributed by atoms with Gasteiger partial charge in [0.1, 0.15) is 11.1 Å². The predicted molar refractivity (Wildman–Crippen MR) is 134 cm³/mol. The first-order chi connectivity index (χ1) is 16.9. The lowest BCUT2D eigenvalue weighted by atomic mass is 10.1. The number of aryl methyl sites for hydroxylation is 1. The molecule has 0 saturated heterocycles. The summed E-state index contributed by atoms with van der Waals surface area (Å²) in [5.41, 5.74) is 2.52. The number of nitrogens with zero attached hydrogens (tertiary/aromatic N) is 2. The fourth-order valence-corrected chi connectivity index (χ4v) is 3.82. The number of para-hydroxylation sites is 1. The normalized spacial score (nSPS) is 10.2. The minimum absolute atomic E-state index is 0.0109. The van der Waals surface area contributed by atoms with Crippen molar-refractivity contribution in [3.63, 3.8) is 0 Å². The van der Waals surface area contributed by atoms with E-state index in [4.69, 9.17) is 4.74 Å². The molecule has 0 aliphatic heterocycles. The zero-order valence-electron chi connectivity index (χ0n) is 19.3. The molecule has 2 aromatic carbocycles. The van der Waals surface area contributed by atoms with Crippen LogP contribution >= 0.6 is 11.8 Å². The number of nitriles is 1. The predicted octanol–water partition coefficient (Wildman–Crippen LogP) is 4.81. The van der Waals surface area contributed by atoms with E-state index in [2.05, 4.69) is 15.6 Å². The van der Waals surface area contributed by atoms with Crippen LogP contribution in [-0.2, 0) is 9.53 Å². The molecule has 3 rings (SSSR count). The van der Waals surface area contributed by atoms with Crippen molar-refractivity contribution in [2.24, 2.45) is 0 Å². The van der Waals surface area contributed by atoms with Crippen LogP contribution < -0.4 is 10.6 Å². The SMILES string of the molecule is CCCOC(=O)c1ccc(NC(=O)CSc2nc(C)c(C(=O)Nc3ccccc3)cc2C#N)cc1. The lowest BCUT2D eigenvalue weighted by molar-refractivity contribution is -0.113. The van der Waals surface area contributed by atoms with Crippen molar-refractivity contribution < 1.29 is 19.1 Å². The Bertz CT molecular complexity index is 1250. The van der Waals surface area contributed by atoms with Gasteiger partial charge in [0.15, 0.2) is 0 Å². The number of rotatable bonds is 9. The Hall–Kier alpha value is -4.16. The number of nitrogens with one attached hydrogen (secondary N) is 2. The van der Waals surface area contributed by atoms with Crippen LogP contribution in [0, 0.1) is 18.3 Å². The number of thioether (sulfide) groups is 1. The molecular weight excluding hydrogens is 464 g/mol. The van der Waals surface area contributed by atoms with Gasteiger partial charge in [-0.1, -0.05) is 36.9 Å². The molecule has 0 radical (unpaired) electrons. The van der Waals surface area contributed by atoms with Gasteiger partial charge in [-0.2, -0.15) is 5.26 Å². The van der Waals surface area contributed by atoms with Crippen LogP contribution in [0.25, 0.3) is 0 Å². The number of hydrogen-bond acceptors (Lipinski definition) is 7. The highest BCUT2D eigenvalue weighted by Gasteiger charge is 2.17. The second-order valence-electron chi connectivity index (χ2n) is 7.46. The van der Waals surface area contributed by atoms with E-state index < -0.39 is 5.97 Å². The van der Waals surface area contributed by atoms with Gasteiger partial charge in [-0.15, -0.1) is 0 Å². The first kappa shape index (κ1) is 25.5. The van der Waals surface area contributed by atoms with E-state index in [-0.39, 0.29) is 28.7 Å². The second kappa shape index (κ2) is 12.3. The number of carbonyl (C=O) groups is 3. The summed E-state index contributed by atoms with van der Waals surface area (Å²) in [6, 6.07) is 18.9. The minimum Gasteiger partial charge on any atom is -0.462 e. The molecule has 0 fully saturated rings. The largest absolute Gasteiger partial charge is 0.462 e. The highest BCUT2D eigenvalue weighted by atomic mass is 32.2. The van der Waals surface area contributed by atoms with Gasteiger partial charge in [0.05, 0.1) is 34.7 Å². The Morgan fingerprint density at radius 1 is 1.03 bits per heavy atom. The van der Waals surface area contributed by atoms with Crippen molar-refractivity contribution in [2.75, 3.05) is 23.0 Å². The Balaban J connectivity index is 1.61. The molecule has 178 valence electrons. The quantitative estimate of drug-likeness (QED) is 0.327. The van der Waals surface area contributed by atoms with E-state index in [9.17, 15) is 19.6 Å². The molecule has 1 heterocycles. The first-order valence-corrected chi connectivity index (χ1v) is 11.9. The zero-order chi connectivity index (χ0) is 25.2. The molecular formula is C26H24N4O4S. The van der Waals surface area contributed by atoms with Crippen molar-refractivity contribution in [1.29, 1.82) is 5.26 Å². The summed E-state index contributed by atoms with van der Waals surface area (Å²) >= 11 is 1.10. The Labute approximate surface area is 207 Å². The van der Waals surface area contributed by atoms with E-state index in [1.54, 1.807) is 43.3 Å². The van der Waals surface area contributed by atoms with Gasteiger partial charge in [0.25, 0.3) is 5.91 Å². The third kappa shape index (κ3) is 7.16. The second-order valence-corrected chi connectivity index (χ2v) is 8.42. The molecule has 0 saturated carbocycles. The van der Waals surface area contributed by atoms with Crippen molar-refractivity contribution in [3.05, 3.63) is 83.0 Å². The third-order valence-corrected chi connectivity index (χ3v) is 5.75. The van der Waals surface area contributed by atoms with Gasteiger partial charge in [-0.25, -0.2) is 9.78 Å². The highest BCUT2D eigenvalue weighted by molar-refractivity contribution is 8.00. The molecule has 2 N–H and O–H groups in total. The summed E-state index contributed by atoms with van der Waals surface area (Å²) in [4.78, 5) is 41.3. The summed E-state index contributed by atoms with van der Waals surface area (Å²) in [5, 5.41) is 15.4. The molecule has 9 heteroatoms. The molecule has 1 aromatic heterocycles. The molecule has 0 aliphatic rings. The van der Waals surface area contributed by atoms with Crippen molar-refractivity contribution in [3.8, 4) is 6.07 Å². The number of amides is 2. The average Bonchev–Trinajstić information content (AvgIpc) is 2.87. The highest BCUT2D eigenvalue weighted by Crippen LogP contribution is 2.24. The lowest BCUT2D eigenvalue weighted by Gasteiger charge is -2.11. The molecule has 0 atom stereocenters. The third-order valence-electron chi connectivity index (χ3n) is 4.76. The minimum atomic E-state index is -0.411. The molecule has 3 aromatic rings. The zero-order valence-corrected chi connectivity index (χ0v) is 20.1. The fourth-order valence-electron chi connectivity index (χ4n) is 3.02. The van der Waals surface area contributed by atoms with E-state index >= 15 is 0 Å². The smallest absolute Gasteiger partial charge is 0.338 e. The maximum Gasteiger partial charge on any atom is 0.338 e. The number of anilines is 2. The van der Waals surface area contributed by atoms with E-state index in [0.29, 0.717) is 34.3 Å². The number of ether oxygens (including phenoxy) is 1. The van der Waals surface area contributed by atoms with Crippen LogP contribution in [0.2, 0.25) is 0 Å². The first-order valence-electron chi connectivity index (χ1n) is 10.9. The fraction of sp³-hybridized carbons (Fsp3) is 0.192. The van der Waals surface area contributed by atoms with E-state index in [1.807, 2.05) is 31.2 Å². The number of hydrogen-bond donors (Lipinski definition) is 2. The van der Waals surface area contributed by atoms with Crippen LogP contribution in [0.1, 0.15) is 45.3 Å². The van der Waals surface area contributed by atoms with Gasteiger partial charge in [0.2, 0.25) is 5.91 Å². The monoisotopic (exact) mass is 488 g/mol. The Morgan fingerprint density at radius 2 is 1.71 bits per heavy atom. The van der Waals surface area contributed by atoms with Gasteiger partial charge in [-0.05, 0) is 55.8 Å². The van der Waals surface area contributed by atoms with Crippen molar-refractivity contribution in [2.45, 2.75) is 25.3 Å². The Kier molecular flexibility index (Phi) is 8.98. The molecule has 0 bridgehead atoms. The molecule has 0 unspecified atom stereocenters. The van der Waals surface area contributed by atoms with Gasteiger partial charge in [0, 0.05) is 11.4 Å². The number of carbonyl (C=O) groups excluding carboxylic acids is 3. The van der Waals surface area contributed by atoms with Gasteiger partial charge < -0.3 is 15.4 Å². The van der Waals surface area contributed by atoms with Crippen LogP contribution in [0.15, 0.2) is 65.7 Å². The summed E-state index contributed by atoms with van der Waals surface area (Å²) in [5.74, 6) is -1.07. The van der Waals surface area contributed by atoms with E-state index in [1.165, 1.54) is 6.07 Å². The standard InChI is InChI=1S/C26H24N4O4S/c1-3-13-34-26(33)18-9-11-21(12-10-18)29-23(31)16-35-25-19(15-27)14-22(17(2)28-25)24(32)30-20-7-5-4-6-8-20/h4-12,14H,3,13,16H2,1-2H3,(H,29,31)(H,30,32). The average molecular weight is 489 g/mol. The summed E-state index contributed by atoms with van der Waals surface area (Å²) in [7, 11) is 0. The maximum atomic E-state index is 12.6. The Morgan fingerprint density at radius 3 is 2.37 bits per heavy atom. The molecule has 0 spiro atoms. The maximum absolute atomic E-state index is 12.6. The summed E-state index contributed by atoms with van der Waals surface area (Å²) < 4.78 is 5.08. The number of esters is 1. The molecule has 0 aliphatic carbocycles. The number of pyridine rings is 1. The van der Waals surface area contributed by atoms with Crippen LogP contribution in [0.5, 0.6) is 0 Å².